The Labute approximate surface area is 130 Å². The molecule has 0 aliphatic rings. The first kappa shape index (κ1) is 14.7. The van der Waals surface area contributed by atoms with Gasteiger partial charge in [-0.05, 0) is 35.9 Å². The SMILES string of the molecule is NNNc1ccc(-c2nc(-c3cccc(C(=O)[O-])c3)no2)cc1. The van der Waals surface area contributed by atoms with Gasteiger partial charge in [0.1, 0.15) is 0 Å². The van der Waals surface area contributed by atoms with Crippen LogP contribution in [-0.4, -0.2) is 16.1 Å². The molecule has 116 valence electrons. The molecule has 3 rings (SSSR count). The van der Waals surface area contributed by atoms with Crippen LogP contribution < -0.4 is 21.9 Å². The van der Waals surface area contributed by atoms with E-state index in [0.29, 0.717) is 17.3 Å². The van der Waals surface area contributed by atoms with Crippen molar-refractivity contribution in [3.8, 4) is 22.8 Å². The molecule has 0 radical (unpaired) electrons. The van der Waals surface area contributed by atoms with E-state index < -0.39 is 5.97 Å². The van der Waals surface area contributed by atoms with Crippen molar-refractivity contribution in [3.63, 3.8) is 0 Å². The van der Waals surface area contributed by atoms with Crippen LogP contribution in [0, 0.1) is 0 Å². The summed E-state index contributed by atoms with van der Waals surface area (Å²) in [5.74, 6) is 4.53. The minimum Gasteiger partial charge on any atom is -0.545 e. The third kappa shape index (κ3) is 3.18. The number of carboxylic acids is 1. The van der Waals surface area contributed by atoms with Crippen molar-refractivity contribution in [1.29, 1.82) is 0 Å². The van der Waals surface area contributed by atoms with Gasteiger partial charge in [-0.3, -0.25) is 5.84 Å². The van der Waals surface area contributed by atoms with Gasteiger partial charge < -0.3 is 19.8 Å². The van der Waals surface area contributed by atoms with Crippen molar-refractivity contribution >= 4 is 11.7 Å². The molecule has 0 saturated heterocycles. The number of aromatic carboxylic acids is 1. The van der Waals surface area contributed by atoms with E-state index in [2.05, 4.69) is 21.1 Å². The third-order valence-electron chi connectivity index (χ3n) is 3.13. The van der Waals surface area contributed by atoms with Crippen molar-refractivity contribution in [2.75, 3.05) is 5.43 Å². The molecule has 0 spiro atoms. The van der Waals surface area contributed by atoms with Crippen molar-refractivity contribution in [2.24, 2.45) is 5.84 Å². The molecule has 23 heavy (non-hydrogen) atoms. The molecular formula is C15H12N5O3-. The van der Waals surface area contributed by atoms with E-state index in [1.165, 1.54) is 12.1 Å². The number of rotatable bonds is 5. The van der Waals surface area contributed by atoms with Crippen LogP contribution in [0.15, 0.2) is 53.1 Å². The first-order valence-electron chi connectivity index (χ1n) is 6.65. The maximum absolute atomic E-state index is 10.9. The number of nitrogens with zero attached hydrogens (tertiary/aromatic N) is 2. The number of hydrogen-bond acceptors (Lipinski definition) is 8. The minimum absolute atomic E-state index is 0.0542. The van der Waals surface area contributed by atoms with Gasteiger partial charge in [0, 0.05) is 11.1 Å². The van der Waals surface area contributed by atoms with Crippen molar-refractivity contribution in [3.05, 3.63) is 54.1 Å². The summed E-state index contributed by atoms with van der Waals surface area (Å²) < 4.78 is 5.22. The summed E-state index contributed by atoms with van der Waals surface area (Å²) in [6.45, 7) is 0. The molecule has 1 aromatic heterocycles. The van der Waals surface area contributed by atoms with Gasteiger partial charge in [0.05, 0.1) is 11.7 Å². The zero-order valence-corrected chi connectivity index (χ0v) is 11.8. The Bertz CT molecular complexity index is 829. The maximum atomic E-state index is 10.9. The van der Waals surface area contributed by atoms with Gasteiger partial charge in [0.15, 0.2) is 0 Å². The molecule has 2 aromatic carbocycles. The second kappa shape index (κ2) is 6.26. The smallest absolute Gasteiger partial charge is 0.258 e. The molecule has 0 saturated carbocycles. The molecule has 0 aliphatic carbocycles. The van der Waals surface area contributed by atoms with Crippen molar-refractivity contribution in [1.82, 2.24) is 15.7 Å². The summed E-state index contributed by atoms with van der Waals surface area (Å²) in [5.41, 5.74) is 7.15. The Morgan fingerprint density at radius 3 is 2.61 bits per heavy atom. The molecule has 0 atom stereocenters. The number of carbonyl (C=O) groups excluding carboxylic acids is 1. The van der Waals surface area contributed by atoms with E-state index in [1.54, 1.807) is 36.4 Å². The molecule has 8 nitrogen and oxygen atoms in total. The average molecular weight is 310 g/mol. The van der Waals surface area contributed by atoms with Crippen molar-refractivity contribution in [2.45, 2.75) is 0 Å². The minimum atomic E-state index is -1.26. The van der Waals surface area contributed by atoms with E-state index in [9.17, 15) is 9.90 Å². The Morgan fingerprint density at radius 1 is 1.13 bits per heavy atom. The lowest BCUT2D eigenvalue weighted by Gasteiger charge is -2.03. The second-order valence-electron chi connectivity index (χ2n) is 4.64. The van der Waals surface area contributed by atoms with E-state index in [0.717, 1.165) is 11.3 Å². The zero-order chi connectivity index (χ0) is 16.2. The van der Waals surface area contributed by atoms with Crippen LogP contribution in [0.5, 0.6) is 0 Å². The quantitative estimate of drug-likeness (QED) is 0.460. The summed E-state index contributed by atoms with van der Waals surface area (Å²) in [5, 5.41) is 14.8. The zero-order valence-electron chi connectivity index (χ0n) is 11.8. The largest absolute Gasteiger partial charge is 0.545 e. The lowest BCUT2D eigenvalue weighted by Crippen LogP contribution is -2.28. The molecule has 0 amide bonds. The van der Waals surface area contributed by atoms with Gasteiger partial charge >= 0.3 is 0 Å². The first-order chi connectivity index (χ1) is 11.2. The number of nitrogens with one attached hydrogen (secondary N) is 2. The number of nitrogens with two attached hydrogens (primary N) is 1. The van der Waals surface area contributed by atoms with Gasteiger partial charge in [0.25, 0.3) is 5.89 Å². The van der Waals surface area contributed by atoms with Gasteiger partial charge in [0.2, 0.25) is 5.82 Å². The summed E-state index contributed by atoms with van der Waals surface area (Å²) in [4.78, 5) is 15.2. The van der Waals surface area contributed by atoms with Crippen LogP contribution in [0.2, 0.25) is 0 Å². The van der Waals surface area contributed by atoms with Gasteiger partial charge in [-0.25, -0.2) is 0 Å². The summed E-state index contributed by atoms with van der Waals surface area (Å²) in [7, 11) is 0. The molecule has 1 heterocycles. The standard InChI is InChI=1S/C15H13N5O3/c16-20-18-12-6-4-9(5-7-12)14-17-13(19-23-14)10-2-1-3-11(8-10)15(21)22/h1-8,18,20H,16H2,(H,21,22)/p-1. The number of anilines is 1. The fourth-order valence-corrected chi connectivity index (χ4v) is 2.02. The summed E-state index contributed by atoms with van der Waals surface area (Å²) >= 11 is 0. The molecule has 0 aliphatic heterocycles. The highest BCUT2D eigenvalue weighted by Crippen LogP contribution is 2.23. The third-order valence-corrected chi connectivity index (χ3v) is 3.13. The number of hydrogen-bond donors (Lipinski definition) is 3. The van der Waals surface area contributed by atoms with Crippen LogP contribution in [0.4, 0.5) is 5.69 Å². The highest BCUT2D eigenvalue weighted by atomic mass is 16.5. The molecular weight excluding hydrogens is 298 g/mol. The fourth-order valence-electron chi connectivity index (χ4n) is 2.02. The molecule has 0 bridgehead atoms. The predicted octanol–water partition coefficient (Wildman–Crippen LogP) is 0.557. The Hall–Kier alpha value is -3.23. The van der Waals surface area contributed by atoms with Gasteiger partial charge in [-0.1, -0.05) is 23.4 Å². The van der Waals surface area contributed by atoms with E-state index in [1.807, 2.05) is 0 Å². The molecule has 0 unspecified atom stereocenters. The van der Waals surface area contributed by atoms with Gasteiger partial charge in [-0.15, -0.1) is 0 Å². The second-order valence-corrected chi connectivity index (χ2v) is 4.64. The normalized spacial score (nSPS) is 10.5. The van der Waals surface area contributed by atoms with Crippen LogP contribution in [0.25, 0.3) is 22.8 Å². The van der Waals surface area contributed by atoms with Crippen LogP contribution in [0.3, 0.4) is 0 Å². The van der Waals surface area contributed by atoms with E-state index in [4.69, 9.17) is 10.4 Å². The molecule has 0 fully saturated rings. The van der Waals surface area contributed by atoms with Crippen LogP contribution in [0.1, 0.15) is 10.4 Å². The number of aromatic nitrogens is 2. The Balaban J connectivity index is 1.88. The highest BCUT2D eigenvalue weighted by molar-refractivity contribution is 5.87. The number of benzene rings is 2. The van der Waals surface area contributed by atoms with Crippen LogP contribution in [-0.2, 0) is 0 Å². The molecule has 3 aromatic rings. The van der Waals surface area contributed by atoms with Crippen LogP contribution >= 0.6 is 0 Å². The van der Waals surface area contributed by atoms with Crippen molar-refractivity contribution < 1.29 is 14.4 Å². The van der Waals surface area contributed by atoms with Gasteiger partial charge in [-0.2, -0.15) is 10.5 Å². The van der Waals surface area contributed by atoms with E-state index >= 15 is 0 Å². The monoisotopic (exact) mass is 310 g/mol. The number of carboxylic acid groups (broad SMARTS) is 1. The summed E-state index contributed by atoms with van der Waals surface area (Å²) in [6.07, 6.45) is 0. The lowest BCUT2D eigenvalue weighted by molar-refractivity contribution is -0.255. The Kier molecular flexibility index (Phi) is 4.00. The molecule has 4 N–H and O–H groups in total. The maximum Gasteiger partial charge on any atom is 0.258 e. The average Bonchev–Trinajstić information content (AvgIpc) is 3.06. The fraction of sp³-hybridized carbons (Fsp3) is 0. The number of carbonyl (C=O) groups is 1. The van der Waals surface area contributed by atoms with E-state index in [-0.39, 0.29) is 5.56 Å². The topological polar surface area (TPSA) is 129 Å². The Morgan fingerprint density at radius 2 is 1.91 bits per heavy atom. The predicted molar refractivity (Wildman–Crippen MR) is 80.4 cm³/mol. The lowest BCUT2D eigenvalue weighted by atomic mass is 10.1. The summed E-state index contributed by atoms with van der Waals surface area (Å²) in [6, 6.07) is 13.3. The highest BCUT2D eigenvalue weighted by Gasteiger charge is 2.11. The first-order valence-corrected chi connectivity index (χ1v) is 6.65. The number of hydrazine groups is 2. The molecule has 8 heteroatoms.